The predicted octanol–water partition coefficient (Wildman–Crippen LogP) is 2.77. The molecule has 2 aromatic rings. The van der Waals surface area contributed by atoms with Gasteiger partial charge < -0.3 is 10.5 Å². The minimum absolute atomic E-state index is 0.401. The maximum atomic E-state index is 6.24. The summed E-state index contributed by atoms with van der Waals surface area (Å²) < 4.78 is 7.74. The van der Waals surface area contributed by atoms with E-state index in [-0.39, 0.29) is 0 Å². The minimum Gasteiger partial charge on any atom is -0.487 e. The Kier molecular flexibility index (Phi) is 4.68. The number of rotatable bonds is 5. The van der Waals surface area contributed by atoms with Crippen molar-refractivity contribution in [3.05, 3.63) is 45.7 Å². The molecule has 20 heavy (non-hydrogen) atoms. The van der Waals surface area contributed by atoms with Crippen molar-refractivity contribution < 1.29 is 4.74 Å². The largest absolute Gasteiger partial charge is 0.487 e. The lowest BCUT2D eigenvalue weighted by Gasteiger charge is -2.14. The molecule has 0 aliphatic carbocycles. The van der Waals surface area contributed by atoms with Crippen LogP contribution in [0.3, 0.4) is 0 Å². The average molecular weight is 294 g/mol. The summed E-state index contributed by atoms with van der Waals surface area (Å²) in [5, 5.41) is 4.96. The van der Waals surface area contributed by atoms with Gasteiger partial charge in [-0.25, -0.2) is 0 Å². The van der Waals surface area contributed by atoms with E-state index in [9.17, 15) is 0 Å². The van der Waals surface area contributed by atoms with E-state index in [0.717, 1.165) is 34.7 Å². The minimum atomic E-state index is 0.401. The van der Waals surface area contributed by atoms with Crippen LogP contribution >= 0.6 is 11.6 Å². The van der Waals surface area contributed by atoms with Crippen LogP contribution in [-0.4, -0.2) is 16.3 Å². The molecule has 2 N–H and O–H groups in total. The molecule has 4 nitrogen and oxygen atoms in total. The molecule has 1 aromatic carbocycles. The summed E-state index contributed by atoms with van der Waals surface area (Å²) >= 11 is 6.24. The van der Waals surface area contributed by atoms with Crippen molar-refractivity contribution in [2.45, 2.75) is 26.9 Å². The van der Waals surface area contributed by atoms with Gasteiger partial charge in [-0.1, -0.05) is 29.8 Å². The maximum absolute atomic E-state index is 6.24. The fraction of sp³-hybridized carbons (Fsp3) is 0.400. The van der Waals surface area contributed by atoms with Gasteiger partial charge in [0.2, 0.25) is 0 Å². The zero-order chi connectivity index (χ0) is 14.7. The molecule has 0 saturated carbocycles. The predicted molar refractivity (Wildman–Crippen MR) is 81.2 cm³/mol. The second-order valence-corrected chi connectivity index (χ2v) is 5.24. The summed E-state index contributed by atoms with van der Waals surface area (Å²) in [6.07, 6.45) is 0.801. The van der Waals surface area contributed by atoms with Gasteiger partial charge in [-0.2, -0.15) is 5.10 Å². The number of hydrogen-bond donors (Lipinski definition) is 1. The third-order valence-corrected chi connectivity index (χ3v) is 3.81. The lowest BCUT2D eigenvalue weighted by molar-refractivity contribution is 0.290. The quantitative estimate of drug-likeness (QED) is 0.922. The Hall–Kier alpha value is -1.52. The lowest BCUT2D eigenvalue weighted by Crippen LogP contribution is -2.08. The highest BCUT2D eigenvalue weighted by molar-refractivity contribution is 6.31. The first-order valence-corrected chi connectivity index (χ1v) is 7.01. The fourth-order valence-electron chi connectivity index (χ4n) is 2.25. The summed E-state index contributed by atoms with van der Waals surface area (Å²) in [7, 11) is 1.87. The Morgan fingerprint density at radius 3 is 2.70 bits per heavy atom. The lowest BCUT2D eigenvalue weighted by atomic mass is 10.1. The van der Waals surface area contributed by atoms with E-state index in [1.54, 1.807) is 4.68 Å². The zero-order valence-electron chi connectivity index (χ0n) is 12.1. The van der Waals surface area contributed by atoms with E-state index >= 15 is 0 Å². The molecule has 0 saturated heterocycles. The molecule has 0 bridgehead atoms. The number of nitrogens with two attached hydrogens (primary N) is 1. The van der Waals surface area contributed by atoms with Crippen molar-refractivity contribution >= 4 is 11.6 Å². The first-order chi connectivity index (χ1) is 9.54. The van der Waals surface area contributed by atoms with Crippen LogP contribution < -0.4 is 10.5 Å². The van der Waals surface area contributed by atoms with Gasteiger partial charge in [-0.15, -0.1) is 0 Å². The normalized spacial score (nSPS) is 10.8. The molecule has 0 aliphatic rings. The molecule has 1 aromatic heterocycles. The van der Waals surface area contributed by atoms with Gasteiger partial charge in [0.1, 0.15) is 12.4 Å². The van der Waals surface area contributed by atoms with Crippen molar-refractivity contribution in [3.8, 4) is 5.75 Å². The van der Waals surface area contributed by atoms with E-state index in [1.165, 1.54) is 0 Å². The molecule has 0 unspecified atom stereocenters. The van der Waals surface area contributed by atoms with E-state index in [1.807, 2.05) is 39.1 Å². The molecule has 5 heteroatoms. The topological polar surface area (TPSA) is 53.1 Å². The molecule has 0 fully saturated rings. The number of halogens is 1. The van der Waals surface area contributed by atoms with Crippen molar-refractivity contribution in [2.24, 2.45) is 12.8 Å². The Balaban J connectivity index is 2.22. The average Bonchev–Trinajstić information content (AvgIpc) is 2.64. The monoisotopic (exact) mass is 293 g/mol. The smallest absolute Gasteiger partial charge is 0.131 e. The third-order valence-electron chi connectivity index (χ3n) is 3.32. The molecule has 0 radical (unpaired) electrons. The van der Waals surface area contributed by atoms with E-state index in [2.05, 4.69) is 5.10 Å². The van der Waals surface area contributed by atoms with Crippen LogP contribution in [-0.2, 0) is 20.1 Å². The van der Waals surface area contributed by atoms with Gasteiger partial charge >= 0.3 is 0 Å². The standard InChI is InChI=1S/C15H20ClN3O/c1-10-5-4-6-12(7-8-17)15(10)20-9-13-14(16)11(2)18-19(13)3/h4-6H,7-9,17H2,1-3H3. The molecule has 1 heterocycles. The van der Waals surface area contributed by atoms with Crippen molar-refractivity contribution in [1.82, 2.24) is 9.78 Å². The third kappa shape index (κ3) is 2.97. The number of hydrogen-bond acceptors (Lipinski definition) is 3. The van der Waals surface area contributed by atoms with Crippen LogP contribution in [0.2, 0.25) is 5.02 Å². The Bertz CT molecular complexity index is 607. The molecule has 0 aliphatic heterocycles. The summed E-state index contributed by atoms with van der Waals surface area (Å²) in [4.78, 5) is 0. The maximum Gasteiger partial charge on any atom is 0.131 e. The highest BCUT2D eigenvalue weighted by Crippen LogP contribution is 2.26. The molecule has 0 spiro atoms. The van der Waals surface area contributed by atoms with Crippen molar-refractivity contribution in [3.63, 3.8) is 0 Å². The Labute approximate surface area is 124 Å². The van der Waals surface area contributed by atoms with Crippen LogP contribution in [0, 0.1) is 13.8 Å². The van der Waals surface area contributed by atoms with Crippen LogP contribution in [0.5, 0.6) is 5.75 Å². The first kappa shape index (κ1) is 14.9. The van der Waals surface area contributed by atoms with Gasteiger partial charge in [-0.05, 0) is 37.9 Å². The second-order valence-electron chi connectivity index (χ2n) is 4.86. The highest BCUT2D eigenvalue weighted by Gasteiger charge is 2.13. The Morgan fingerprint density at radius 2 is 2.10 bits per heavy atom. The van der Waals surface area contributed by atoms with Crippen LogP contribution in [0.25, 0.3) is 0 Å². The molecular weight excluding hydrogens is 274 g/mol. The van der Waals surface area contributed by atoms with Gasteiger partial charge in [0.15, 0.2) is 0 Å². The summed E-state index contributed by atoms with van der Waals surface area (Å²) in [6, 6.07) is 6.10. The molecule has 0 amide bonds. The van der Waals surface area contributed by atoms with Gasteiger partial charge in [0, 0.05) is 7.05 Å². The van der Waals surface area contributed by atoms with Gasteiger partial charge in [0.25, 0.3) is 0 Å². The number of aryl methyl sites for hydroxylation is 3. The SMILES string of the molecule is Cc1cccc(CCN)c1OCc1c(Cl)c(C)nn1C. The number of para-hydroxylation sites is 1. The number of nitrogens with zero attached hydrogens (tertiary/aromatic N) is 2. The van der Waals surface area contributed by atoms with Crippen molar-refractivity contribution in [1.29, 1.82) is 0 Å². The van der Waals surface area contributed by atoms with E-state index in [4.69, 9.17) is 22.1 Å². The summed E-state index contributed by atoms with van der Waals surface area (Å²) in [5.41, 5.74) is 9.58. The molecule has 0 atom stereocenters. The summed E-state index contributed by atoms with van der Waals surface area (Å²) in [5.74, 6) is 0.896. The summed E-state index contributed by atoms with van der Waals surface area (Å²) in [6.45, 7) is 4.93. The molecule has 108 valence electrons. The fourth-order valence-corrected chi connectivity index (χ4v) is 2.46. The van der Waals surface area contributed by atoms with Gasteiger partial charge in [-0.3, -0.25) is 4.68 Å². The number of benzene rings is 1. The first-order valence-electron chi connectivity index (χ1n) is 6.64. The zero-order valence-corrected chi connectivity index (χ0v) is 12.9. The van der Waals surface area contributed by atoms with Crippen molar-refractivity contribution in [2.75, 3.05) is 6.54 Å². The Morgan fingerprint density at radius 1 is 1.35 bits per heavy atom. The number of ether oxygens (including phenoxy) is 1. The van der Waals surface area contributed by atoms with Crippen LogP contribution in [0.4, 0.5) is 0 Å². The molecular formula is C15H20ClN3O. The number of aromatic nitrogens is 2. The van der Waals surface area contributed by atoms with Crippen LogP contribution in [0.1, 0.15) is 22.5 Å². The van der Waals surface area contributed by atoms with Gasteiger partial charge in [0.05, 0.1) is 16.4 Å². The molecule has 2 rings (SSSR count). The highest BCUT2D eigenvalue weighted by atomic mass is 35.5. The van der Waals surface area contributed by atoms with E-state index < -0.39 is 0 Å². The van der Waals surface area contributed by atoms with Crippen LogP contribution in [0.15, 0.2) is 18.2 Å². The van der Waals surface area contributed by atoms with E-state index in [0.29, 0.717) is 18.2 Å². The second kappa shape index (κ2) is 6.29.